The van der Waals surface area contributed by atoms with Crippen LogP contribution in [0.1, 0.15) is 5.56 Å². The third-order valence-electron chi connectivity index (χ3n) is 2.14. The van der Waals surface area contributed by atoms with Crippen LogP contribution < -0.4 is 0 Å². The largest absolute Gasteiger partial charge is 0.411 e. The molecule has 2 rings (SSSR count). The molecule has 7 heteroatoms. The summed E-state index contributed by atoms with van der Waals surface area (Å²) in [6.07, 6.45) is 2.91. The molecule has 2 aromatic rings. The van der Waals surface area contributed by atoms with Gasteiger partial charge in [-0.2, -0.15) is 5.10 Å². The van der Waals surface area contributed by atoms with E-state index in [2.05, 4.69) is 15.2 Å². The molecule has 0 fully saturated rings. The maximum absolute atomic E-state index is 9.02. The van der Waals surface area contributed by atoms with Crippen molar-refractivity contribution in [3.63, 3.8) is 0 Å². The van der Waals surface area contributed by atoms with Gasteiger partial charge in [0.1, 0.15) is 18.4 Å². The van der Waals surface area contributed by atoms with E-state index in [-0.39, 0.29) is 6.54 Å². The first-order valence-corrected chi connectivity index (χ1v) is 5.45. The minimum absolute atomic E-state index is 0.260. The molecule has 1 aromatic carbocycles. The zero-order valence-electron chi connectivity index (χ0n) is 8.59. The van der Waals surface area contributed by atoms with E-state index in [1.54, 1.807) is 18.2 Å². The highest BCUT2D eigenvalue weighted by atomic mass is 35.5. The first-order valence-electron chi connectivity index (χ1n) is 4.69. The van der Waals surface area contributed by atoms with Gasteiger partial charge in [0, 0.05) is 15.6 Å². The molecule has 0 bridgehead atoms. The van der Waals surface area contributed by atoms with Crippen LogP contribution in [0.3, 0.4) is 0 Å². The van der Waals surface area contributed by atoms with Crippen molar-refractivity contribution in [3.8, 4) is 0 Å². The van der Waals surface area contributed by atoms with Gasteiger partial charge in [-0.05, 0) is 18.2 Å². The van der Waals surface area contributed by atoms with E-state index in [0.717, 1.165) is 0 Å². The van der Waals surface area contributed by atoms with Crippen molar-refractivity contribution in [2.45, 2.75) is 6.54 Å². The molecule has 0 aliphatic carbocycles. The van der Waals surface area contributed by atoms with Gasteiger partial charge in [-0.3, -0.25) is 0 Å². The van der Waals surface area contributed by atoms with Crippen LogP contribution in [0, 0.1) is 0 Å². The van der Waals surface area contributed by atoms with Crippen LogP contribution in [-0.4, -0.2) is 25.7 Å². The molecule has 0 aliphatic rings. The third-order valence-corrected chi connectivity index (χ3v) is 2.70. The van der Waals surface area contributed by atoms with Gasteiger partial charge in [0.05, 0.1) is 6.54 Å². The molecule has 1 N–H and O–H groups in total. The molecule has 0 saturated heterocycles. The molecule has 0 unspecified atom stereocenters. The van der Waals surface area contributed by atoms with Crippen LogP contribution in [-0.2, 0) is 6.54 Å². The van der Waals surface area contributed by atoms with E-state index in [1.807, 2.05) is 0 Å². The van der Waals surface area contributed by atoms with E-state index in [1.165, 1.54) is 17.3 Å². The number of nitrogens with zero attached hydrogens (tertiary/aromatic N) is 4. The molecular weight excluding hydrogens is 263 g/mol. The van der Waals surface area contributed by atoms with Gasteiger partial charge in [0.2, 0.25) is 0 Å². The Morgan fingerprint density at radius 3 is 2.88 bits per heavy atom. The Kier molecular flexibility index (Phi) is 3.61. The molecule has 0 radical (unpaired) electrons. The number of aromatic nitrogens is 3. The summed E-state index contributed by atoms with van der Waals surface area (Å²) in [7, 11) is 0. The molecule has 0 saturated carbocycles. The third kappa shape index (κ3) is 2.75. The Morgan fingerprint density at radius 1 is 1.41 bits per heavy atom. The number of halogens is 2. The van der Waals surface area contributed by atoms with Gasteiger partial charge >= 0.3 is 0 Å². The summed E-state index contributed by atoms with van der Waals surface area (Å²) in [5.41, 5.74) is 0.931. The van der Waals surface area contributed by atoms with E-state index >= 15 is 0 Å². The molecule has 17 heavy (non-hydrogen) atoms. The van der Waals surface area contributed by atoms with Crippen molar-refractivity contribution >= 4 is 28.9 Å². The van der Waals surface area contributed by atoms with Gasteiger partial charge in [-0.25, -0.2) is 9.67 Å². The standard InChI is InChI=1S/C10H8Cl2N4O/c11-7-1-2-9(12)8(3-7)10(15-17)4-16-6-13-5-14-16/h1-3,5-6,17H,4H2/b15-10+. The van der Waals surface area contributed by atoms with Crippen LogP contribution in [0.4, 0.5) is 0 Å². The lowest BCUT2D eigenvalue weighted by atomic mass is 10.1. The number of hydrogen-bond donors (Lipinski definition) is 1. The van der Waals surface area contributed by atoms with E-state index in [9.17, 15) is 0 Å². The van der Waals surface area contributed by atoms with Crippen molar-refractivity contribution in [1.29, 1.82) is 0 Å². The van der Waals surface area contributed by atoms with Crippen molar-refractivity contribution < 1.29 is 5.21 Å². The minimum atomic E-state index is 0.260. The lowest BCUT2D eigenvalue weighted by Gasteiger charge is -2.07. The van der Waals surface area contributed by atoms with Crippen LogP contribution in [0.2, 0.25) is 10.0 Å². The Morgan fingerprint density at radius 2 is 2.24 bits per heavy atom. The fourth-order valence-corrected chi connectivity index (χ4v) is 1.76. The molecule has 88 valence electrons. The molecule has 1 aromatic heterocycles. The van der Waals surface area contributed by atoms with Crippen LogP contribution >= 0.6 is 23.2 Å². The normalized spacial score (nSPS) is 11.8. The smallest absolute Gasteiger partial charge is 0.137 e. The average Bonchev–Trinajstić information content (AvgIpc) is 2.82. The topological polar surface area (TPSA) is 63.3 Å². The molecule has 0 aliphatic heterocycles. The molecule has 0 spiro atoms. The minimum Gasteiger partial charge on any atom is -0.411 e. The van der Waals surface area contributed by atoms with Gasteiger partial charge in [-0.15, -0.1) is 0 Å². The second-order valence-corrected chi connectivity index (χ2v) is 4.11. The van der Waals surface area contributed by atoms with E-state index in [0.29, 0.717) is 21.3 Å². The second kappa shape index (κ2) is 5.16. The van der Waals surface area contributed by atoms with Crippen molar-refractivity contribution in [2.24, 2.45) is 5.16 Å². The fraction of sp³-hybridized carbons (Fsp3) is 0.100. The maximum atomic E-state index is 9.02. The summed E-state index contributed by atoms with van der Waals surface area (Å²) < 4.78 is 1.52. The molecule has 1 heterocycles. The second-order valence-electron chi connectivity index (χ2n) is 3.26. The fourth-order valence-electron chi connectivity index (χ4n) is 1.36. The number of hydrogen-bond acceptors (Lipinski definition) is 4. The Bertz CT molecular complexity index is 539. The first kappa shape index (κ1) is 11.9. The zero-order chi connectivity index (χ0) is 12.3. The highest BCUT2D eigenvalue weighted by Crippen LogP contribution is 2.21. The average molecular weight is 271 g/mol. The van der Waals surface area contributed by atoms with Crippen LogP contribution in [0.5, 0.6) is 0 Å². The van der Waals surface area contributed by atoms with Crippen molar-refractivity contribution in [1.82, 2.24) is 14.8 Å². The molecule has 0 atom stereocenters. The maximum Gasteiger partial charge on any atom is 0.137 e. The predicted octanol–water partition coefficient (Wildman–Crippen LogP) is 2.46. The predicted molar refractivity (Wildman–Crippen MR) is 64.8 cm³/mol. The summed E-state index contributed by atoms with van der Waals surface area (Å²) in [5.74, 6) is 0. The summed E-state index contributed by atoms with van der Waals surface area (Å²) >= 11 is 11.9. The SMILES string of the molecule is O/N=C(\Cn1cncn1)c1cc(Cl)ccc1Cl. The zero-order valence-corrected chi connectivity index (χ0v) is 10.1. The number of rotatable bonds is 3. The monoisotopic (exact) mass is 270 g/mol. The van der Waals surface area contributed by atoms with E-state index in [4.69, 9.17) is 28.4 Å². The van der Waals surface area contributed by atoms with Gasteiger partial charge in [-0.1, -0.05) is 28.4 Å². The highest BCUT2D eigenvalue weighted by Gasteiger charge is 2.11. The number of benzene rings is 1. The van der Waals surface area contributed by atoms with Gasteiger partial charge in [0.15, 0.2) is 0 Å². The highest BCUT2D eigenvalue weighted by molar-refractivity contribution is 6.36. The quantitative estimate of drug-likeness (QED) is 0.530. The first-order chi connectivity index (χ1) is 8.20. The van der Waals surface area contributed by atoms with Crippen molar-refractivity contribution in [3.05, 3.63) is 46.5 Å². The Hall–Kier alpha value is -1.59. The Labute approximate surface area is 107 Å². The summed E-state index contributed by atoms with van der Waals surface area (Å²) in [6.45, 7) is 0.260. The summed E-state index contributed by atoms with van der Waals surface area (Å²) in [6, 6.07) is 4.94. The lowest BCUT2D eigenvalue weighted by Crippen LogP contribution is -2.12. The van der Waals surface area contributed by atoms with E-state index < -0.39 is 0 Å². The van der Waals surface area contributed by atoms with Crippen LogP contribution in [0.15, 0.2) is 36.0 Å². The Balaban J connectivity index is 2.33. The van der Waals surface area contributed by atoms with Crippen molar-refractivity contribution in [2.75, 3.05) is 0 Å². The lowest BCUT2D eigenvalue weighted by molar-refractivity contribution is 0.317. The molecular formula is C10H8Cl2N4O. The number of oxime groups is 1. The van der Waals surface area contributed by atoms with Gasteiger partial charge < -0.3 is 5.21 Å². The summed E-state index contributed by atoms with van der Waals surface area (Å²) in [4.78, 5) is 3.80. The molecule has 0 amide bonds. The molecule has 5 nitrogen and oxygen atoms in total. The van der Waals surface area contributed by atoms with Gasteiger partial charge in [0.25, 0.3) is 0 Å². The van der Waals surface area contributed by atoms with Crippen LogP contribution in [0.25, 0.3) is 0 Å². The summed E-state index contributed by atoms with van der Waals surface area (Å²) in [5, 5.41) is 17.1.